The molecule has 0 aromatic rings. The van der Waals surface area contributed by atoms with Crippen molar-refractivity contribution in [2.75, 3.05) is 26.2 Å². The Morgan fingerprint density at radius 1 is 1.50 bits per heavy atom. The molecule has 2 rings (SSSR count). The molecule has 6 heteroatoms. The number of rotatable bonds is 4. The monoisotopic (exact) mass is 256 g/mol. The van der Waals surface area contributed by atoms with E-state index in [-0.39, 0.29) is 19.2 Å². The highest BCUT2D eigenvalue weighted by Crippen LogP contribution is 2.47. The summed E-state index contributed by atoms with van der Waals surface area (Å²) in [5, 5.41) is 11.8. The lowest BCUT2D eigenvalue weighted by molar-refractivity contribution is -0.154. The van der Waals surface area contributed by atoms with Crippen LogP contribution >= 0.6 is 0 Å². The number of carboxylic acid groups (broad SMARTS) is 1. The molecule has 0 aromatic heterocycles. The maximum atomic E-state index is 11.9. The first-order valence-corrected chi connectivity index (χ1v) is 6.43. The lowest BCUT2D eigenvalue weighted by atomic mass is 10.0. The number of morpholine rings is 1. The highest BCUT2D eigenvalue weighted by Gasteiger charge is 2.41. The summed E-state index contributed by atoms with van der Waals surface area (Å²) in [5.41, 5.74) is 0.300. The number of nitrogens with zero attached hydrogens (tertiary/aromatic N) is 1. The lowest BCUT2D eigenvalue weighted by Crippen LogP contribution is -2.52. The van der Waals surface area contributed by atoms with Gasteiger partial charge >= 0.3 is 12.0 Å². The smallest absolute Gasteiger partial charge is 0.334 e. The molecule has 0 radical (unpaired) electrons. The lowest BCUT2D eigenvalue weighted by Gasteiger charge is -2.31. The number of nitrogens with one attached hydrogen (secondary N) is 1. The third kappa shape index (κ3) is 2.93. The van der Waals surface area contributed by atoms with Gasteiger partial charge in [-0.05, 0) is 24.7 Å². The molecule has 2 fully saturated rings. The van der Waals surface area contributed by atoms with Gasteiger partial charge in [-0.1, -0.05) is 6.92 Å². The summed E-state index contributed by atoms with van der Waals surface area (Å²) in [6.45, 7) is 3.68. The van der Waals surface area contributed by atoms with Gasteiger partial charge in [0.1, 0.15) is 0 Å². The third-order valence-electron chi connectivity index (χ3n) is 3.95. The van der Waals surface area contributed by atoms with Gasteiger partial charge < -0.3 is 20.1 Å². The molecule has 1 atom stereocenters. The number of carboxylic acids is 1. The number of hydrogen-bond acceptors (Lipinski definition) is 3. The second kappa shape index (κ2) is 5.14. The third-order valence-corrected chi connectivity index (χ3v) is 3.95. The Morgan fingerprint density at radius 3 is 2.78 bits per heavy atom. The molecule has 0 spiro atoms. The first-order chi connectivity index (χ1) is 8.56. The van der Waals surface area contributed by atoms with Crippen LogP contribution in [-0.4, -0.2) is 54.4 Å². The van der Waals surface area contributed by atoms with Gasteiger partial charge in [-0.2, -0.15) is 0 Å². The predicted octanol–water partition coefficient (Wildman–Crippen LogP) is 0.672. The van der Waals surface area contributed by atoms with Gasteiger partial charge in [0.25, 0.3) is 0 Å². The Kier molecular flexibility index (Phi) is 3.75. The minimum atomic E-state index is -1.01. The SMILES string of the molecule is CCC1(CNC(=O)N2CCOC(C(=O)O)C2)CC1. The second-order valence-electron chi connectivity index (χ2n) is 5.16. The molecule has 0 aromatic carbocycles. The summed E-state index contributed by atoms with van der Waals surface area (Å²) in [4.78, 5) is 24.3. The summed E-state index contributed by atoms with van der Waals surface area (Å²) < 4.78 is 5.08. The van der Waals surface area contributed by atoms with Crippen LogP contribution in [0.2, 0.25) is 0 Å². The van der Waals surface area contributed by atoms with Crippen molar-refractivity contribution in [2.24, 2.45) is 5.41 Å². The molecular formula is C12H20N2O4. The van der Waals surface area contributed by atoms with Crippen LogP contribution < -0.4 is 5.32 Å². The van der Waals surface area contributed by atoms with Gasteiger partial charge in [-0.25, -0.2) is 9.59 Å². The van der Waals surface area contributed by atoms with Crippen molar-refractivity contribution in [1.29, 1.82) is 0 Å². The fraction of sp³-hybridized carbons (Fsp3) is 0.833. The molecule has 1 aliphatic heterocycles. The highest BCUT2D eigenvalue weighted by molar-refractivity contribution is 5.77. The highest BCUT2D eigenvalue weighted by atomic mass is 16.5. The van der Waals surface area contributed by atoms with Crippen LogP contribution in [0.3, 0.4) is 0 Å². The molecule has 1 saturated heterocycles. The van der Waals surface area contributed by atoms with Gasteiger partial charge in [0.2, 0.25) is 0 Å². The van der Waals surface area contributed by atoms with Crippen molar-refractivity contribution >= 4 is 12.0 Å². The minimum absolute atomic E-state index is 0.125. The van der Waals surface area contributed by atoms with Crippen LogP contribution in [-0.2, 0) is 9.53 Å². The number of amides is 2. The van der Waals surface area contributed by atoms with E-state index in [4.69, 9.17) is 9.84 Å². The summed E-state index contributed by atoms with van der Waals surface area (Å²) in [6, 6.07) is -0.177. The van der Waals surface area contributed by atoms with Gasteiger partial charge in [-0.15, -0.1) is 0 Å². The standard InChI is InChI=1S/C12H20N2O4/c1-2-12(3-4-12)8-13-11(17)14-5-6-18-9(7-14)10(15)16/h9H,2-8H2,1H3,(H,13,17)(H,15,16). The number of carbonyl (C=O) groups excluding carboxylic acids is 1. The topological polar surface area (TPSA) is 78.9 Å². The fourth-order valence-corrected chi connectivity index (χ4v) is 2.19. The van der Waals surface area contributed by atoms with Crippen molar-refractivity contribution in [3.8, 4) is 0 Å². The molecule has 102 valence electrons. The number of aliphatic carboxylic acids is 1. The van der Waals surface area contributed by atoms with Crippen molar-refractivity contribution in [1.82, 2.24) is 10.2 Å². The van der Waals surface area contributed by atoms with Crippen molar-refractivity contribution < 1.29 is 19.4 Å². The quantitative estimate of drug-likeness (QED) is 0.775. The van der Waals surface area contributed by atoms with E-state index in [0.717, 1.165) is 6.42 Å². The Morgan fingerprint density at radius 2 is 2.22 bits per heavy atom. The zero-order valence-electron chi connectivity index (χ0n) is 10.6. The molecule has 18 heavy (non-hydrogen) atoms. The molecule has 1 heterocycles. The molecule has 2 aliphatic rings. The van der Waals surface area contributed by atoms with Crippen LogP contribution in [0.25, 0.3) is 0 Å². The second-order valence-corrected chi connectivity index (χ2v) is 5.16. The number of ether oxygens (including phenoxy) is 1. The molecule has 0 bridgehead atoms. The Bertz CT molecular complexity index is 341. The summed E-state index contributed by atoms with van der Waals surface area (Å²) in [7, 11) is 0. The molecule has 1 saturated carbocycles. The van der Waals surface area contributed by atoms with Crippen LogP contribution in [0.5, 0.6) is 0 Å². The van der Waals surface area contributed by atoms with Crippen LogP contribution in [0.4, 0.5) is 4.79 Å². The number of hydrogen-bond donors (Lipinski definition) is 2. The molecule has 6 nitrogen and oxygen atoms in total. The van der Waals surface area contributed by atoms with Gasteiger partial charge in [0.15, 0.2) is 6.10 Å². The molecule has 1 unspecified atom stereocenters. The van der Waals surface area contributed by atoms with Gasteiger partial charge in [0, 0.05) is 13.1 Å². The van der Waals surface area contributed by atoms with Gasteiger partial charge in [-0.3, -0.25) is 0 Å². The first kappa shape index (κ1) is 13.1. The van der Waals surface area contributed by atoms with Crippen molar-refractivity contribution in [3.63, 3.8) is 0 Å². The van der Waals surface area contributed by atoms with E-state index in [0.29, 0.717) is 18.5 Å². The van der Waals surface area contributed by atoms with E-state index >= 15 is 0 Å². The fourth-order valence-electron chi connectivity index (χ4n) is 2.19. The summed E-state index contributed by atoms with van der Waals surface area (Å²) >= 11 is 0. The molecule has 2 amide bonds. The Hall–Kier alpha value is -1.30. The summed E-state index contributed by atoms with van der Waals surface area (Å²) in [6.07, 6.45) is 2.52. The summed E-state index contributed by atoms with van der Waals surface area (Å²) in [5.74, 6) is -1.01. The average molecular weight is 256 g/mol. The average Bonchev–Trinajstić information content (AvgIpc) is 3.17. The minimum Gasteiger partial charge on any atom is -0.479 e. The largest absolute Gasteiger partial charge is 0.479 e. The maximum absolute atomic E-state index is 11.9. The number of carbonyl (C=O) groups is 2. The zero-order valence-corrected chi connectivity index (χ0v) is 10.6. The first-order valence-electron chi connectivity index (χ1n) is 6.43. The zero-order chi connectivity index (χ0) is 13.2. The molecule has 2 N–H and O–H groups in total. The van der Waals surface area contributed by atoms with E-state index in [2.05, 4.69) is 12.2 Å². The van der Waals surface area contributed by atoms with Crippen LogP contribution in [0, 0.1) is 5.41 Å². The van der Waals surface area contributed by atoms with E-state index < -0.39 is 12.1 Å². The van der Waals surface area contributed by atoms with Crippen LogP contribution in [0.1, 0.15) is 26.2 Å². The number of urea groups is 1. The van der Waals surface area contributed by atoms with Crippen LogP contribution in [0.15, 0.2) is 0 Å². The maximum Gasteiger partial charge on any atom is 0.334 e. The van der Waals surface area contributed by atoms with E-state index in [9.17, 15) is 9.59 Å². The van der Waals surface area contributed by atoms with Crippen molar-refractivity contribution in [3.05, 3.63) is 0 Å². The normalized spacial score (nSPS) is 25.6. The van der Waals surface area contributed by atoms with Crippen molar-refractivity contribution in [2.45, 2.75) is 32.3 Å². The van der Waals surface area contributed by atoms with E-state index in [1.165, 1.54) is 17.7 Å². The molecule has 1 aliphatic carbocycles. The Balaban J connectivity index is 1.79. The van der Waals surface area contributed by atoms with Gasteiger partial charge in [0.05, 0.1) is 13.2 Å². The Labute approximate surface area is 106 Å². The van der Waals surface area contributed by atoms with E-state index in [1.807, 2.05) is 0 Å². The molecular weight excluding hydrogens is 236 g/mol. The van der Waals surface area contributed by atoms with E-state index in [1.54, 1.807) is 0 Å². The predicted molar refractivity (Wildman–Crippen MR) is 64.3 cm³/mol.